The van der Waals surface area contributed by atoms with Gasteiger partial charge in [0.15, 0.2) is 0 Å². The number of amides is 1. The average molecular weight is 273 g/mol. The van der Waals surface area contributed by atoms with E-state index < -0.39 is 0 Å². The van der Waals surface area contributed by atoms with Crippen molar-refractivity contribution < 1.29 is 13.9 Å². The van der Waals surface area contributed by atoms with Gasteiger partial charge < -0.3 is 14.1 Å². The highest BCUT2D eigenvalue weighted by atomic mass is 16.5. The largest absolute Gasteiger partial charge is 0.494 e. The fourth-order valence-electron chi connectivity index (χ4n) is 1.90. The van der Waals surface area contributed by atoms with Crippen LogP contribution in [-0.4, -0.2) is 24.5 Å². The Hall–Kier alpha value is -2.23. The Balaban J connectivity index is 1.90. The Morgan fingerprint density at radius 1 is 1.25 bits per heavy atom. The van der Waals surface area contributed by atoms with Crippen LogP contribution in [0.4, 0.5) is 0 Å². The van der Waals surface area contributed by atoms with Crippen LogP contribution >= 0.6 is 0 Å². The molecule has 0 aliphatic heterocycles. The van der Waals surface area contributed by atoms with Crippen LogP contribution in [0.25, 0.3) is 0 Å². The molecule has 0 bridgehead atoms. The molecule has 1 aromatic heterocycles. The first kappa shape index (κ1) is 14.2. The number of benzene rings is 1. The fraction of sp³-hybridized carbons (Fsp3) is 0.312. The lowest BCUT2D eigenvalue weighted by molar-refractivity contribution is -0.129. The summed E-state index contributed by atoms with van der Waals surface area (Å²) in [5, 5.41) is 0. The number of nitrogens with zero attached hydrogens (tertiary/aromatic N) is 1. The van der Waals surface area contributed by atoms with Crippen LogP contribution < -0.4 is 4.74 Å². The minimum Gasteiger partial charge on any atom is -0.494 e. The zero-order valence-electron chi connectivity index (χ0n) is 11.8. The molecule has 4 nitrogen and oxygen atoms in total. The highest BCUT2D eigenvalue weighted by molar-refractivity contribution is 5.78. The molecule has 2 rings (SSSR count). The molecule has 106 valence electrons. The predicted molar refractivity (Wildman–Crippen MR) is 76.5 cm³/mol. The molecule has 1 heterocycles. The summed E-state index contributed by atoms with van der Waals surface area (Å²) in [4.78, 5) is 13.8. The summed E-state index contributed by atoms with van der Waals surface area (Å²) < 4.78 is 10.6. The molecule has 20 heavy (non-hydrogen) atoms. The SMILES string of the molecule is CCOc1ccc(CC(=O)N(C)Cc2ccco2)cc1. The summed E-state index contributed by atoms with van der Waals surface area (Å²) in [6, 6.07) is 11.3. The van der Waals surface area contributed by atoms with E-state index in [0.717, 1.165) is 17.1 Å². The van der Waals surface area contributed by atoms with E-state index in [4.69, 9.17) is 9.15 Å². The van der Waals surface area contributed by atoms with Crippen molar-refractivity contribution in [3.8, 4) is 5.75 Å². The Morgan fingerprint density at radius 2 is 2.00 bits per heavy atom. The molecule has 0 saturated heterocycles. The number of hydrogen-bond donors (Lipinski definition) is 0. The second-order valence-corrected chi connectivity index (χ2v) is 4.58. The first-order valence-corrected chi connectivity index (χ1v) is 6.67. The van der Waals surface area contributed by atoms with E-state index in [-0.39, 0.29) is 5.91 Å². The van der Waals surface area contributed by atoms with Gasteiger partial charge in [-0.05, 0) is 36.8 Å². The van der Waals surface area contributed by atoms with E-state index in [1.807, 2.05) is 43.3 Å². The number of ether oxygens (including phenoxy) is 1. The lowest BCUT2D eigenvalue weighted by Gasteiger charge is -2.15. The van der Waals surface area contributed by atoms with Crippen molar-refractivity contribution in [1.29, 1.82) is 0 Å². The van der Waals surface area contributed by atoms with Gasteiger partial charge in [-0.1, -0.05) is 12.1 Å². The summed E-state index contributed by atoms with van der Waals surface area (Å²) in [7, 11) is 1.78. The van der Waals surface area contributed by atoms with Crippen molar-refractivity contribution in [3.63, 3.8) is 0 Å². The van der Waals surface area contributed by atoms with E-state index in [2.05, 4.69) is 0 Å². The second kappa shape index (κ2) is 6.80. The van der Waals surface area contributed by atoms with E-state index in [1.54, 1.807) is 18.2 Å². The monoisotopic (exact) mass is 273 g/mol. The smallest absolute Gasteiger partial charge is 0.227 e. The fourth-order valence-corrected chi connectivity index (χ4v) is 1.90. The Kier molecular flexibility index (Phi) is 4.82. The summed E-state index contributed by atoms with van der Waals surface area (Å²) in [6.45, 7) is 3.08. The zero-order valence-corrected chi connectivity index (χ0v) is 11.8. The molecule has 0 saturated carbocycles. The average Bonchev–Trinajstić information content (AvgIpc) is 2.94. The van der Waals surface area contributed by atoms with Gasteiger partial charge in [0.1, 0.15) is 11.5 Å². The molecule has 4 heteroatoms. The van der Waals surface area contributed by atoms with E-state index in [0.29, 0.717) is 19.6 Å². The second-order valence-electron chi connectivity index (χ2n) is 4.58. The topological polar surface area (TPSA) is 42.7 Å². The number of hydrogen-bond acceptors (Lipinski definition) is 3. The summed E-state index contributed by atoms with van der Waals surface area (Å²) in [5.41, 5.74) is 0.977. The normalized spacial score (nSPS) is 10.3. The van der Waals surface area contributed by atoms with Gasteiger partial charge in [0, 0.05) is 7.05 Å². The molecular formula is C16H19NO3. The van der Waals surface area contributed by atoms with E-state index in [1.165, 1.54) is 0 Å². The maximum Gasteiger partial charge on any atom is 0.227 e. The number of carbonyl (C=O) groups is 1. The van der Waals surface area contributed by atoms with Gasteiger partial charge >= 0.3 is 0 Å². The van der Waals surface area contributed by atoms with Crippen molar-refractivity contribution in [1.82, 2.24) is 4.90 Å². The van der Waals surface area contributed by atoms with Gasteiger partial charge in [-0.15, -0.1) is 0 Å². The van der Waals surface area contributed by atoms with Gasteiger partial charge in [-0.25, -0.2) is 0 Å². The number of rotatable bonds is 6. The maximum absolute atomic E-state index is 12.1. The molecule has 1 amide bonds. The zero-order chi connectivity index (χ0) is 14.4. The third kappa shape index (κ3) is 3.88. The first-order valence-electron chi connectivity index (χ1n) is 6.67. The van der Waals surface area contributed by atoms with Crippen LogP contribution in [0.1, 0.15) is 18.2 Å². The molecule has 2 aromatic rings. The molecule has 0 atom stereocenters. The third-order valence-corrected chi connectivity index (χ3v) is 2.99. The van der Waals surface area contributed by atoms with Crippen molar-refractivity contribution >= 4 is 5.91 Å². The summed E-state index contributed by atoms with van der Waals surface area (Å²) in [5.74, 6) is 1.67. The van der Waals surface area contributed by atoms with Crippen LogP contribution in [0.3, 0.4) is 0 Å². The highest BCUT2D eigenvalue weighted by Crippen LogP contribution is 2.13. The lowest BCUT2D eigenvalue weighted by atomic mass is 10.1. The van der Waals surface area contributed by atoms with Crippen molar-refractivity contribution in [3.05, 3.63) is 54.0 Å². The predicted octanol–water partition coefficient (Wildman–Crippen LogP) is 2.88. The van der Waals surface area contributed by atoms with Crippen molar-refractivity contribution in [2.24, 2.45) is 0 Å². The van der Waals surface area contributed by atoms with E-state index >= 15 is 0 Å². The lowest BCUT2D eigenvalue weighted by Crippen LogP contribution is -2.27. The molecular weight excluding hydrogens is 254 g/mol. The molecule has 0 fully saturated rings. The maximum atomic E-state index is 12.1. The molecule has 0 N–H and O–H groups in total. The standard InChI is InChI=1S/C16H19NO3/c1-3-19-14-8-6-13(7-9-14)11-16(18)17(2)12-15-5-4-10-20-15/h4-10H,3,11-12H2,1-2H3. The number of furan rings is 1. The highest BCUT2D eigenvalue weighted by Gasteiger charge is 2.11. The van der Waals surface area contributed by atoms with Crippen LogP contribution in [0, 0.1) is 0 Å². The van der Waals surface area contributed by atoms with Crippen LogP contribution in [-0.2, 0) is 17.8 Å². The number of likely N-dealkylation sites (N-methyl/N-ethyl adjacent to an activating group) is 1. The Morgan fingerprint density at radius 3 is 2.60 bits per heavy atom. The Bertz CT molecular complexity index is 531. The van der Waals surface area contributed by atoms with Gasteiger partial charge in [-0.2, -0.15) is 0 Å². The van der Waals surface area contributed by atoms with Gasteiger partial charge in [-0.3, -0.25) is 4.79 Å². The van der Waals surface area contributed by atoms with Gasteiger partial charge in [0.05, 0.1) is 25.8 Å². The van der Waals surface area contributed by atoms with Crippen LogP contribution in [0.5, 0.6) is 5.75 Å². The van der Waals surface area contributed by atoms with Crippen molar-refractivity contribution in [2.75, 3.05) is 13.7 Å². The van der Waals surface area contributed by atoms with Gasteiger partial charge in [0.25, 0.3) is 0 Å². The summed E-state index contributed by atoms with van der Waals surface area (Å²) in [6.07, 6.45) is 1.99. The molecule has 1 aromatic carbocycles. The summed E-state index contributed by atoms with van der Waals surface area (Å²) >= 11 is 0. The molecule has 0 radical (unpaired) electrons. The minimum absolute atomic E-state index is 0.0607. The minimum atomic E-state index is 0.0607. The quantitative estimate of drug-likeness (QED) is 0.812. The first-order chi connectivity index (χ1) is 9.69. The third-order valence-electron chi connectivity index (χ3n) is 2.99. The molecule has 0 unspecified atom stereocenters. The van der Waals surface area contributed by atoms with Crippen molar-refractivity contribution in [2.45, 2.75) is 19.9 Å². The van der Waals surface area contributed by atoms with Crippen LogP contribution in [0.2, 0.25) is 0 Å². The molecule has 0 aliphatic rings. The molecule has 0 spiro atoms. The van der Waals surface area contributed by atoms with E-state index in [9.17, 15) is 4.79 Å². The number of carbonyl (C=O) groups excluding carboxylic acids is 1. The Labute approximate surface area is 119 Å². The van der Waals surface area contributed by atoms with Crippen LogP contribution in [0.15, 0.2) is 47.1 Å². The molecule has 0 aliphatic carbocycles. The van der Waals surface area contributed by atoms with Gasteiger partial charge in [0.2, 0.25) is 5.91 Å².